The zero-order valence-corrected chi connectivity index (χ0v) is 12.4. The van der Waals surface area contributed by atoms with Crippen LogP contribution in [0.4, 0.5) is 11.4 Å². The van der Waals surface area contributed by atoms with E-state index >= 15 is 0 Å². The Hall–Kier alpha value is -2.09. The first kappa shape index (κ1) is 15.3. The summed E-state index contributed by atoms with van der Waals surface area (Å²) in [5.41, 5.74) is 0.0497. The van der Waals surface area contributed by atoms with Gasteiger partial charge >= 0.3 is 0 Å². The number of nitro benzene ring substituents is 1. The predicted molar refractivity (Wildman–Crippen MR) is 78.7 cm³/mol. The average Bonchev–Trinajstić information content (AvgIpc) is 2.77. The molecule has 0 aliphatic carbocycles. The molecule has 1 amide bonds. The minimum absolute atomic E-state index is 0.0705. The lowest BCUT2D eigenvalue weighted by molar-refractivity contribution is -0.384. The second kappa shape index (κ2) is 6.13. The summed E-state index contributed by atoms with van der Waals surface area (Å²) in [5, 5.41) is 10.9. The number of hydrogen-bond donors (Lipinski definition) is 0. The molecule has 2 rings (SSSR count). The van der Waals surface area contributed by atoms with E-state index in [-0.39, 0.29) is 40.6 Å². The fourth-order valence-electron chi connectivity index (χ4n) is 2.23. The lowest BCUT2D eigenvalue weighted by Crippen LogP contribution is -2.25. The van der Waals surface area contributed by atoms with Gasteiger partial charge in [-0.05, 0) is 12.1 Å². The van der Waals surface area contributed by atoms with Crippen LogP contribution in [-0.2, 0) is 9.59 Å². The summed E-state index contributed by atoms with van der Waals surface area (Å²) in [7, 11) is 1.42. The summed E-state index contributed by atoms with van der Waals surface area (Å²) >= 11 is 1.09. The minimum Gasteiger partial charge on any atom is -0.496 e. The molecule has 1 atom stereocenters. The number of carbonyl (C=O) groups excluding carboxylic acids is 2. The van der Waals surface area contributed by atoms with Crippen molar-refractivity contribution in [2.75, 3.05) is 18.6 Å². The molecule has 0 saturated carbocycles. The fourth-order valence-corrected chi connectivity index (χ4v) is 3.14. The van der Waals surface area contributed by atoms with E-state index in [2.05, 4.69) is 0 Å². The number of hydrogen-bond acceptors (Lipinski definition) is 6. The van der Waals surface area contributed by atoms with E-state index in [4.69, 9.17) is 4.74 Å². The van der Waals surface area contributed by atoms with E-state index in [1.165, 1.54) is 31.1 Å². The van der Waals surface area contributed by atoms with Crippen LogP contribution in [0.25, 0.3) is 0 Å². The van der Waals surface area contributed by atoms with Gasteiger partial charge in [0.05, 0.1) is 18.1 Å². The fraction of sp³-hybridized carbons (Fsp3) is 0.385. The molecule has 1 aromatic carbocycles. The summed E-state index contributed by atoms with van der Waals surface area (Å²) in [4.78, 5) is 35.1. The van der Waals surface area contributed by atoms with Crippen LogP contribution in [-0.4, -0.2) is 34.9 Å². The highest BCUT2D eigenvalue weighted by Gasteiger charge is 2.35. The third-order valence-electron chi connectivity index (χ3n) is 3.09. The van der Waals surface area contributed by atoms with Crippen molar-refractivity contribution in [3.8, 4) is 5.75 Å². The van der Waals surface area contributed by atoms with Gasteiger partial charge in [0.1, 0.15) is 11.4 Å². The van der Waals surface area contributed by atoms with Crippen molar-refractivity contribution in [1.82, 2.24) is 0 Å². The van der Waals surface area contributed by atoms with Crippen LogP contribution in [0.5, 0.6) is 5.75 Å². The van der Waals surface area contributed by atoms with Crippen LogP contribution in [0.1, 0.15) is 13.3 Å². The molecule has 21 heavy (non-hydrogen) atoms. The van der Waals surface area contributed by atoms with E-state index < -0.39 is 4.92 Å². The van der Waals surface area contributed by atoms with Gasteiger partial charge in [-0.2, -0.15) is 0 Å². The maximum absolute atomic E-state index is 12.0. The molecule has 112 valence electrons. The minimum atomic E-state index is -0.545. The van der Waals surface area contributed by atoms with Gasteiger partial charge < -0.3 is 9.64 Å². The first-order valence-corrected chi connectivity index (χ1v) is 7.10. The van der Waals surface area contributed by atoms with Crippen molar-refractivity contribution >= 4 is 34.2 Å². The Bertz CT molecular complexity index is 604. The summed E-state index contributed by atoms with van der Waals surface area (Å²) in [6.45, 7) is 1.73. The lowest BCUT2D eigenvalue weighted by Gasteiger charge is -2.16. The highest BCUT2D eigenvalue weighted by molar-refractivity contribution is 8.14. The highest BCUT2D eigenvalue weighted by Crippen LogP contribution is 2.36. The zero-order valence-electron chi connectivity index (χ0n) is 11.6. The van der Waals surface area contributed by atoms with Gasteiger partial charge in [-0.1, -0.05) is 11.8 Å². The Morgan fingerprint density at radius 1 is 1.52 bits per heavy atom. The van der Waals surface area contributed by atoms with Gasteiger partial charge in [-0.25, -0.2) is 0 Å². The van der Waals surface area contributed by atoms with Crippen molar-refractivity contribution in [3.63, 3.8) is 0 Å². The van der Waals surface area contributed by atoms with Gasteiger partial charge in [0.2, 0.25) is 5.91 Å². The maximum atomic E-state index is 12.0. The van der Waals surface area contributed by atoms with E-state index in [1.54, 1.807) is 6.07 Å². The number of benzene rings is 1. The van der Waals surface area contributed by atoms with Gasteiger partial charge in [0.25, 0.3) is 5.69 Å². The third kappa shape index (κ3) is 3.33. The number of nitrogens with zero attached hydrogens (tertiary/aromatic N) is 2. The molecule has 1 saturated heterocycles. The molecule has 8 heteroatoms. The van der Waals surface area contributed by atoms with Crippen molar-refractivity contribution in [2.24, 2.45) is 0 Å². The number of ether oxygens (including phenoxy) is 1. The van der Waals surface area contributed by atoms with Crippen LogP contribution in [0.3, 0.4) is 0 Å². The Morgan fingerprint density at radius 3 is 2.81 bits per heavy atom. The van der Waals surface area contributed by atoms with Crippen LogP contribution >= 0.6 is 11.8 Å². The molecule has 0 bridgehead atoms. The standard InChI is InChI=1S/C13H14N2O5S/c1-8(16)21-10-6-13(17)14(7-10)11-4-3-9(20-2)5-12(11)15(18)19/h3-5,10H,6-7H2,1-2H3. The largest absolute Gasteiger partial charge is 0.496 e. The number of carbonyl (C=O) groups is 2. The number of methoxy groups -OCH3 is 1. The molecule has 1 aliphatic heterocycles. The Labute approximate surface area is 125 Å². The number of anilines is 1. The van der Waals surface area contributed by atoms with E-state index in [9.17, 15) is 19.7 Å². The van der Waals surface area contributed by atoms with Crippen LogP contribution < -0.4 is 9.64 Å². The van der Waals surface area contributed by atoms with Crippen LogP contribution in [0.2, 0.25) is 0 Å². The number of amides is 1. The number of thioether (sulfide) groups is 1. The summed E-state index contributed by atoms with van der Waals surface area (Å²) in [6.07, 6.45) is 0.202. The van der Waals surface area contributed by atoms with Crippen molar-refractivity contribution in [3.05, 3.63) is 28.3 Å². The predicted octanol–water partition coefficient (Wildman–Crippen LogP) is 1.99. The van der Waals surface area contributed by atoms with E-state index in [0.29, 0.717) is 5.75 Å². The second-order valence-corrected chi connectivity index (χ2v) is 6.03. The third-order valence-corrected chi connectivity index (χ3v) is 4.07. The SMILES string of the molecule is COc1ccc(N2CC(SC(C)=O)CC2=O)c([N+](=O)[O-])c1. The van der Waals surface area contributed by atoms with Crippen LogP contribution in [0, 0.1) is 10.1 Å². The molecule has 1 heterocycles. The topological polar surface area (TPSA) is 89.8 Å². The number of rotatable bonds is 4. The molecule has 1 fully saturated rings. The van der Waals surface area contributed by atoms with Crippen molar-refractivity contribution < 1.29 is 19.2 Å². The highest BCUT2D eigenvalue weighted by atomic mass is 32.2. The molecule has 0 spiro atoms. The van der Waals surface area contributed by atoms with Crippen molar-refractivity contribution in [1.29, 1.82) is 0 Å². The van der Waals surface area contributed by atoms with Gasteiger partial charge in [-0.15, -0.1) is 0 Å². The Kier molecular flexibility index (Phi) is 4.46. The molecule has 0 radical (unpaired) electrons. The Balaban J connectivity index is 2.31. The average molecular weight is 310 g/mol. The second-order valence-electron chi connectivity index (χ2n) is 4.55. The van der Waals surface area contributed by atoms with E-state index in [1.807, 2.05) is 0 Å². The van der Waals surface area contributed by atoms with Gasteiger partial charge in [0.15, 0.2) is 5.12 Å². The molecule has 1 aromatic rings. The van der Waals surface area contributed by atoms with Crippen molar-refractivity contribution in [2.45, 2.75) is 18.6 Å². The maximum Gasteiger partial charge on any atom is 0.296 e. The molecule has 0 N–H and O–H groups in total. The molecular formula is C13H14N2O5S. The smallest absolute Gasteiger partial charge is 0.296 e. The summed E-state index contributed by atoms with van der Waals surface area (Å²) < 4.78 is 4.97. The molecular weight excluding hydrogens is 296 g/mol. The summed E-state index contributed by atoms with van der Waals surface area (Å²) in [6, 6.07) is 4.35. The molecule has 1 unspecified atom stereocenters. The molecule has 7 nitrogen and oxygen atoms in total. The van der Waals surface area contributed by atoms with E-state index in [0.717, 1.165) is 11.8 Å². The Morgan fingerprint density at radius 2 is 2.24 bits per heavy atom. The van der Waals surface area contributed by atoms with Gasteiger partial charge in [-0.3, -0.25) is 19.7 Å². The lowest BCUT2D eigenvalue weighted by atomic mass is 10.2. The van der Waals surface area contributed by atoms with Gasteiger partial charge in [0, 0.05) is 25.1 Å². The number of nitro groups is 1. The monoisotopic (exact) mass is 310 g/mol. The summed E-state index contributed by atoms with van der Waals surface area (Å²) in [5.74, 6) is 0.133. The first-order valence-electron chi connectivity index (χ1n) is 6.22. The zero-order chi connectivity index (χ0) is 15.6. The van der Waals surface area contributed by atoms with Crippen LogP contribution in [0.15, 0.2) is 18.2 Å². The molecule has 0 aromatic heterocycles. The molecule has 1 aliphatic rings. The quantitative estimate of drug-likeness (QED) is 0.624. The normalized spacial score (nSPS) is 17.9. The first-order chi connectivity index (χ1) is 9.92.